The molecular weight excluding hydrogens is 184 g/mol. The summed E-state index contributed by atoms with van der Waals surface area (Å²) < 4.78 is 8.04. The van der Waals surface area contributed by atoms with Crippen molar-refractivity contribution in [3.05, 3.63) is 23.3 Å². The molecule has 15 heavy (non-hydrogen) atoms. The molecule has 0 saturated carbocycles. The Morgan fingerprint density at radius 1 is 1.07 bits per heavy atom. The van der Waals surface area contributed by atoms with Crippen LogP contribution >= 0.6 is 0 Å². The molecular formula is C13H22N2. The third-order valence-electron chi connectivity index (χ3n) is 2.33. The van der Waals surface area contributed by atoms with Crippen molar-refractivity contribution in [2.75, 3.05) is 0 Å². The normalized spacial score (nSPS) is 13.9. The van der Waals surface area contributed by atoms with Crippen molar-refractivity contribution in [2.45, 2.75) is 59.3 Å². The molecule has 1 heterocycles. The van der Waals surface area contributed by atoms with E-state index in [1.807, 2.05) is 6.92 Å². The van der Waals surface area contributed by atoms with Crippen LogP contribution < -0.4 is 0 Å². The summed E-state index contributed by atoms with van der Waals surface area (Å²) in [6.45, 7) is 14.4. The van der Waals surface area contributed by atoms with E-state index in [9.17, 15) is 0 Å². The topological polar surface area (TPSA) is 25.8 Å². The molecule has 0 bridgehead atoms. The minimum atomic E-state index is -0.100. The summed E-state index contributed by atoms with van der Waals surface area (Å²) in [6.07, 6.45) is 0.366. The van der Waals surface area contributed by atoms with Gasteiger partial charge in [-0.3, -0.25) is 0 Å². The Kier molecular flexibility index (Phi) is 2.53. The molecule has 2 nitrogen and oxygen atoms in total. The number of hydrogen-bond donors (Lipinski definition) is 0. The summed E-state index contributed by atoms with van der Waals surface area (Å²) >= 11 is 0. The van der Waals surface area contributed by atoms with Gasteiger partial charge in [0.2, 0.25) is 0 Å². The van der Waals surface area contributed by atoms with Crippen LogP contribution in [0.2, 0.25) is 0 Å². The Bertz CT molecular complexity index is 374. The van der Waals surface area contributed by atoms with Gasteiger partial charge in [-0.25, -0.2) is 9.97 Å². The molecule has 1 aromatic rings. The molecule has 84 valence electrons. The second kappa shape index (κ2) is 3.58. The fourth-order valence-electron chi connectivity index (χ4n) is 1.48. The van der Waals surface area contributed by atoms with Crippen LogP contribution in [0.5, 0.6) is 0 Å². The zero-order valence-electron chi connectivity index (χ0n) is 11.9. The first-order valence-electron chi connectivity index (χ1n) is 5.89. The van der Waals surface area contributed by atoms with E-state index >= 15 is 0 Å². The fourth-order valence-corrected chi connectivity index (χ4v) is 1.48. The average Bonchev–Trinajstić information content (AvgIpc) is 1.97. The second-order valence-corrected chi connectivity index (χ2v) is 6.12. The van der Waals surface area contributed by atoms with E-state index in [0.29, 0.717) is 6.17 Å². The van der Waals surface area contributed by atoms with Gasteiger partial charge in [-0.15, -0.1) is 0 Å². The summed E-state index contributed by atoms with van der Waals surface area (Å²) in [4.78, 5) is 8.87. The summed E-state index contributed by atoms with van der Waals surface area (Å²) in [5.41, 5.74) is 1.70. The molecule has 0 spiro atoms. The van der Waals surface area contributed by atoms with Crippen LogP contribution in [0.4, 0.5) is 0 Å². The standard InChI is InChI=1S/C13H22N2/c1-9-10(12(2,3)4)8-14-11(15-9)13(5,6)7/h8H,1-7H3/i8D. The van der Waals surface area contributed by atoms with Gasteiger partial charge >= 0.3 is 0 Å². The van der Waals surface area contributed by atoms with E-state index < -0.39 is 0 Å². The Hall–Kier alpha value is -0.920. The maximum atomic E-state index is 8.04. The number of aromatic nitrogens is 2. The van der Waals surface area contributed by atoms with Gasteiger partial charge in [-0.2, -0.15) is 0 Å². The Morgan fingerprint density at radius 2 is 1.60 bits per heavy atom. The van der Waals surface area contributed by atoms with E-state index in [1.165, 1.54) is 0 Å². The van der Waals surface area contributed by atoms with Crippen molar-refractivity contribution in [3.63, 3.8) is 0 Å². The van der Waals surface area contributed by atoms with Crippen molar-refractivity contribution < 1.29 is 1.37 Å². The molecule has 0 unspecified atom stereocenters. The van der Waals surface area contributed by atoms with Crippen molar-refractivity contribution in [1.82, 2.24) is 9.97 Å². The molecule has 1 aromatic heterocycles. The van der Waals surface area contributed by atoms with Crippen LogP contribution in [0.15, 0.2) is 6.17 Å². The first-order valence-corrected chi connectivity index (χ1v) is 5.39. The highest BCUT2D eigenvalue weighted by atomic mass is 14.9. The smallest absolute Gasteiger partial charge is 0.133 e. The van der Waals surface area contributed by atoms with Gasteiger partial charge in [0.25, 0.3) is 0 Å². The first-order chi connectivity index (χ1) is 7.03. The number of hydrogen-bond acceptors (Lipinski definition) is 2. The van der Waals surface area contributed by atoms with Crippen molar-refractivity contribution in [2.24, 2.45) is 0 Å². The lowest BCUT2D eigenvalue weighted by molar-refractivity contribution is 0.527. The average molecular weight is 207 g/mol. The Balaban J connectivity index is 3.41. The molecule has 0 atom stereocenters. The van der Waals surface area contributed by atoms with E-state index in [1.54, 1.807) is 0 Å². The monoisotopic (exact) mass is 207 g/mol. The minimum Gasteiger partial charge on any atom is -0.240 e. The molecule has 0 radical (unpaired) electrons. The molecule has 0 aliphatic rings. The number of rotatable bonds is 0. The van der Waals surface area contributed by atoms with Gasteiger partial charge in [0.1, 0.15) is 5.82 Å². The molecule has 0 aliphatic heterocycles. The third kappa shape index (κ3) is 2.77. The van der Waals surface area contributed by atoms with Crippen molar-refractivity contribution >= 4 is 0 Å². The molecule has 0 aromatic carbocycles. The molecule has 0 amide bonds. The van der Waals surface area contributed by atoms with Crippen LogP contribution in [-0.4, -0.2) is 9.97 Å². The van der Waals surface area contributed by atoms with Crippen LogP contribution in [0.3, 0.4) is 0 Å². The lowest BCUT2D eigenvalue weighted by Crippen LogP contribution is -2.20. The zero-order valence-corrected chi connectivity index (χ0v) is 10.9. The fraction of sp³-hybridized carbons (Fsp3) is 0.692. The number of nitrogens with zero attached hydrogens (tertiary/aromatic N) is 2. The van der Waals surface area contributed by atoms with Gasteiger partial charge in [-0.1, -0.05) is 41.5 Å². The van der Waals surface area contributed by atoms with Crippen LogP contribution in [0.1, 0.15) is 60.0 Å². The molecule has 0 aliphatic carbocycles. The first kappa shape index (κ1) is 10.6. The SMILES string of the molecule is [2H]c1nc(C(C)(C)C)nc(C)c1C(C)(C)C. The van der Waals surface area contributed by atoms with Gasteiger partial charge in [0, 0.05) is 17.3 Å². The largest absolute Gasteiger partial charge is 0.240 e. The highest BCUT2D eigenvalue weighted by Crippen LogP contribution is 2.26. The summed E-state index contributed by atoms with van der Waals surface area (Å²) in [6, 6.07) is 0. The molecule has 1 rings (SSSR count). The maximum Gasteiger partial charge on any atom is 0.133 e. The predicted octanol–water partition coefficient (Wildman–Crippen LogP) is 3.38. The highest BCUT2D eigenvalue weighted by Gasteiger charge is 2.22. The predicted molar refractivity (Wildman–Crippen MR) is 64.2 cm³/mol. The third-order valence-corrected chi connectivity index (χ3v) is 2.33. The molecule has 0 saturated heterocycles. The summed E-state index contributed by atoms with van der Waals surface area (Å²) in [7, 11) is 0. The lowest BCUT2D eigenvalue weighted by Gasteiger charge is -2.23. The second-order valence-electron chi connectivity index (χ2n) is 6.12. The van der Waals surface area contributed by atoms with Crippen LogP contribution in [0, 0.1) is 6.92 Å². The quantitative estimate of drug-likeness (QED) is 0.651. The van der Waals surface area contributed by atoms with E-state index in [-0.39, 0.29) is 10.8 Å². The van der Waals surface area contributed by atoms with Crippen LogP contribution in [0.25, 0.3) is 0 Å². The maximum absolute atomic E-state index is 8.04. The lowest BCUT2D eigenvalue weighted by atomic mass is 9.86. The highest BCUT2D eigenvalue weighted by molar-refractivity contribution is 5.25. The van der Waals surface area contributed by atoms with Crippen molar-refractivity contribution in [1.29, 1.82) is 0 Å². The van der Waals surface area contributed by atoms with Gasteiger partial charge < -0.3 is 0 Å². The van der Waals surface area contributed by atoms with Crippen LogP contribution in [-0.2, 0) is 10.8 Å². The molecule has 2 heteroatoms. The molecule has 0 fully saturated rings. The Morgan fingerprint density at radius 3 is 1.93 bits per heavy atom. The van der Waals surface area contributed by atoms with Gasteiger partial charge in [0.05, 0.1) is 1.37 Å². The zero-order chi connectivity index (χ0) is 12.7. The summed E-state index contributed by atoms with van der Waals surface area (Å²) in [5, 5.41) is 0. The van der Waals surface area contributed by atoms with Crippen molar-refractivity contribution in [3.8, 4) is 0 Å². The van der Waals surface area contributed by atoms with Gasteiger partial charge in [-0.05, 0) is 17.9 Å². The number of aryl methyl sites for hydroxylation is 1. The Labute approximate surface area is 94.6 Å². The minimum absolute atomic E-state index is 0.0718. The van der Waals surface area contributed by atoms with E-state index in [4.69, 9.17) is 1.37 Å². The van der Waals surface area contributed by atoms with Gasteiger partial charge in [0.15, 0.2) is 0 Å². The molecule has 0 N–H and O–H groups in total. The van der Waals surface area contributed by atoms with E-state index in [2.05, 4.69) is 51.5 Å². The van der Waals surface area contributed by atoms with E-state index in [0.717, 1.165) is 17.1 Å². The summed E-state index contributed by atoms with van der Waals surface area (Å²) in [5.74, 6) is 0.753.